The number of hydrogen-bond acceptors (Lipinski definition) is 5. The molecule has 3 aromatic rings. The summed E-state index contributed by atoms with van der Waals surface area (Å²) in [7, 11) is 0. The first-order chi connectivity index (χ1) is 17.1. The van der Waals surface area contributed by atoms with Crippen LogP contribution < -0.4 is 10.1 Å². The van der Waals surface area contributed by atoms with Gasteiger partial charge in [0.15, 0.2) is 0 Å². The first kappa shape index (κ1) is 22.8. The number of hydrogen-bond donors (Lipinski definition) is 1. The summed E-state index contributed by atoms with van der Waals surface area (Å²) in [4.78, 5) is 39.0. The maximum atomic E-state index is 12.8. The average molecular weight is 471 g/mol. The molecule has 0 spiro atoms. The monoisotopic (exact) mass is 470 g/mol. The number of amides is 3. The molecule has 5 rings (SSSR count). The maximum absolute atomic E-state index is 12.8. The van der Waals surface area contributed by atoms with E-state index in [0.717, 1.165) is 18.4 Å². The van der Waals surface area contributed by atoms with E-state index in [2.05, 4.69) is 5.32 Å². The van der Waals surface area contributed by atoms with Gasteiger partial charge in [-0.3, -0.25) is 19.3 Å². The lowest BCUT2D eigenvalue weighted by Crippen LogP contribution is -2.36. The molecule has 2 heterocycles. The molecule has 2 aliphatic rings. The minimum Gasteiger partial charge on any atom is -0.457 e. The second-order valence-corrected chi connectivity index (χ2v) is 8.72. The third-order valence-electron chi connectivity index (χ3n) is 6.21. The zero-order valence-electron chi connectivity index (χ0n) is 19.2. The van der Waals surface area contributed by atoms with Crippen LogP contribution in [0.5, 0.6) is 11.5 Å². The summed E-state index contributed by atoms with van der Waals surface area (Å²) in [6.07, 6.45) is 2.78. The molecule has 1 fully saturated rings. The second kappa shape index (κ2) is 10.1. The topological polar surface area (TPSA) is 84.9 Å². The minimum atomic E-state index is -0.320. The quantitative estimate of drug-likeness (QED) is 0.477. The molecule has 0 radical (unpaired) electrons. The number of nitrogens with zero attached hydrogens (tertiary/aromatic N) is 1. The third kappa shape index (κ3) is 5.25. The van der Waals surface area contributed by atoms with Gasteiger partial charge in [0.2, 0.25) is 5.91 Å². The molecule has 3 amide bonds. The maximum Gasteiger partial charge on any atom is 0.261 e. The van der Waals surface area contributed by atoms with E-state index < -0.39 is 0 Å². The van der Waals surface area contributed by atoms with Crippen molar-refractivity contribution in [3.05, 3.63) is 89.5 Å². The standard InChI is InChI=1S/C28H26N2O5/c31-26(15-8-19-5-2-1-3-6-19)29-20-9-11-21(12-10-20)35-22-13-14-24-25(17-22)28(33)30(27(24)32)18-23-7-4-16-34-23/h1-3,5-6,9-14,17,23H,4,7-8,15-16,18H2,(H,29,31). The van der Waals surface area contributed by atoms with Crippen molar-refractivity contribution in [3.8, 4) is 11.5 Å². The van der Waals surface area contributed by atoms with Crippen molar-refractivity contribution in [3.63, 3.8) is 0 Å². The fourth-order valence-corrected chi connectivity index (χ4v) is 4.36. The molecule has 0 saturated carbocycles. The number of anilines is 1. The fraction of sp³-hybridized carbons (Fsp3) is 0.250. The number of ether oxygens (including phenoxy) is 2. The summed E-state index contributed by atoms with van der Waals surface area (Å²) in [5, 5.41) is 2.89. The molecule has 178 valence electrons. The van der Waals surface area contributed by atoms with Crippen LogP contribution in [0.15, 0.2) is 72.8 Å². The van der Waals surface area contributed by atoms with Crippen molar-refractivity contribution < 1.29 is 23.9 Å². The summed E-state index contributed by atoms with van der Waals surface area (Å²) in [5.41, 5.74) is 2.52. The van der Waals surface area contributed by atoms with Crippen molar-refractivity contribution in [1.82, 2.24) is 4.90 Å². The molecular formula is C28H26N2O5. The summed E-state index contributed by atoms with van der Waals surface area (Å²) in [5.74, 6) is 0.347. The molecule has 1 saturated heterocycles. The van der Waals surface area contributed by atoms with Gasteiger partial charge in [0.25, 0.3) is 11.8 Å². The van der Waals surface area contributed by atoms with Crippen molar-refractivity contribution in [2.75, 3.05) is 18.5 Å². The Morgan fingerprint density at radius 2 is 1.69 bits per heavy atom. The van der Waals surface area contributed by atoms with Crippen LogP contribution in [0.25, 0.3) is 0 Å². The number of carbonyl (C=O) groups is 3. The first-order valence-electron chi connectivity index (χ1n) is 11.8. The molecule has 2 aliphatic heterocycles. The van der Waals surface area contributed by atoms with Crippen molar-refractivity contribution in [1.29, 1.82) is 0 Å². The van der Waals surface area contributed by atoms with Crippen LogP contribution in [0, 0.1) is 0 Å². The van der Waals surface area contributed by atoms with Crippen LogP contribution in [0.1, 0.15) is 45.5 Å². The number of rotatable bonds is 8. The second-order valence-electron chi connectivity index (χ2n) is 8.72. The third-order valence-corrected chi connectivity index (χ3v) is 6.21. The molecule has 35 heavy (non-hydrogen) atoms. The molecule has 0 aliphatic carbocycles. The highest BCUT2D eigenvalue weighted by molar-refractivity contribution is 6.21. The Balaban J connectivity index is 1.18. The van der Waals surface area contributed by atoms with E-state index in [-0.39, 0.29) is 30.4 Å². The highest BCUT2D eigenvalue weighted by atomic mass is 16.5. The highest BCUT2D eigenvalue weighted by Gasteiger charge is 2.37. The van der Waals surface area contributed by atoms with E-state index >= 15 is 0 Å². The predicted octanol–water partition coefficient (Wildman–Crippen LogP) is 4.83. The van der Waals surface area contributed by atoms with Gasteiger partial charge in [-0.2, -0.15) is 0 Å². The summed E-state index contributed by atoms with van der Waals surface area (Å²) in [6.45, 7) is 0.947. The molecule has 1 atom stereocenters. The lowest BCUT2D eigenvalue weighted by molar-refractivity contribution is -0.116. The van der Waals surface area contributed by atoms with Gasteiger partial charge < -0.3 is 14.8 Å². The Morgan fingerprint density at radius 1 is 0.943 bits per heavy atom. The Kier molecular flexibility index (Phi) is 6.59. The van der Waals surface area contributed by atoms with Gasteiger partial charge in [-0.15, -0.1) is 0 Å². The van der Waals surface area contributed by atoms with Crippen LogP contribution in [0.3, 0.4) is 0 Å². The SMILES string of the molecule is O=C(CCc1ccccc1)Nc1ccc(Oc2ccc3c(c2)C(=O)N(CC2CCCO2)C3=O)cc1. The van der Waals surface area contributed by atoms with Crippen molar-refractivity contribution in [2.24, 2.45) is 0 Å². The normalized spacial score (nSPS) is 16.9. The van der Waals surface area contributed by atoms with Gasteiger partial charge in [0, 0.05) is 18.7 Å². The zero-order chi connectivity index (χ0) is 24.2. The lowest BCUT2D eigenvalue weighted by atomic mass is 10.1. The van der Waals surface area contributed by atoms with E-state index in [1.165, 1.54) is 4.90 Å². The molecular weight excluding hydrogens is 444 g/mol. The Hall–Kier alpha value is -3.97. The van der Waals surface area contributed by atoms with Crippen LogP contribution in [-0.2, 0) is 16.0 Å². The summed E-state index contributed by atoms with van der Waals surface area (Å²) in [6, 6.07) is 21.8. The number of imide groups is 1. The van der Waals surface area contributed by atoms with E-state index in [0.29, 0.717) is 47.8 Å². The number of fused-ring (bicyclic) bond motifs is 1. The van der Waals surface area contributed by atoms with Gasteiger partial charge in [0.05, 0.1) is 23.8 Å². The van der Waals surface area contributed by atoms with E-state index in [9.17, 15) is 14.4 Å². The number of benzene rings is 3. The van der Waals surface area contributed by atoms with E-state index in [4.69, 9.17) is 9.47 Å². The smallest absolute Gasteiger partial charge is 0.261 e. The molecule has 1 unspecified atom stereocenters. The molecule has 1 N–H and O–H groups in total. The minimum absolute atomic E-state index is 0.0584. The number of carbonyl (C=O) groups excluding carboxylic acids is 3. The van der Waals surface area contributed by atoms with Gasteiger partial charge in [0.1, 0.15) is 11.5 Å². The van der Waals surface area contributed by atoms with Crippen LogP contribution >= 0.6 is 0 Å². The highest BCUT2D eigenvalue weighted by Crippen LogP contribution is 2.31. The first-order valence-corrected chi connectivity index (χ1v) is 11.8. The summed E-state index contributed by atoms with van der Waals surface area (Å²) < 4.78 is 11.5. The molecule has 3 aromatic carbocycles. The van der Waals surface area contributed by atoms with Gasteiger partial charge in [-0.05, 0) is 67.3 Å². The van der Waals surface area contributed by atoms with E-state index in [1.54, 1.807) is 42.5 Å². The van der Waals surface area contributed by atoms with Crippen molar-refractivity contribution >= 4 is 23.4 Å². The van der Waals surface area contributed by atoms with Crippen LogP contribution in [0.4, 0.5) is 5.69 Å². The average Bonchev–Trinajstić information content (AvgIpc) is 3.48. The van der Waals surface area contributed by atoms with Gasteiger partial charge in [-0.25, -0.2) is 0 Å². The van der Waals surface area contributed by atoms with Crippen molar-refractivity contribution in [2.45, 2.75) is 31.8 Å². The summed E-state index contributed by atoms with van der Waals surface area (Å²) >= 11 is 0. The molecule has 0 aromatic heterocycles. The molecule has 7 nitrogen and oxygen atoms in total. The number of nitrogens with one attached hydrogen (secondary N) is 1. The predicted molar refractivity (Wildman–Crippen MR) is 131 cm³/mol. The van der Waals surface area contributed by atoms with Crippen LogP contribution in [0.2, 0.25) is 0 Å². The zero-order valence-corrected chi connectivity index (χ0v) is 19.2. The molecule has 7 heteroatoms. The fourth-order valence-electron chi connectivity index (χ4n) is 4.36. The number of aryl methyl sites for hydroxylation is 1. The van der Waals surface area contributed by atoms with Gasteiger partial charge >= 0.3 is 0 Å². The van der Waals surface area contributed by atoms with E-state index in [1.807, 2.05) is 30.3 Å². The Morgan fingerprint density at radius 3 is 2.43 bits per heavy atom. The Bertz CT molecular complexity index is 1230. The van der Waals surface area contributed by atoms with Gasteiger partial charge in [-0.1, -0.05) is 30.3 Å². The molecule has 0 bridgehead atoms. The lowest BCUT2D eigenvalue weighted by Gasteiger charge is -2.17. The largest absolute Gasteiger partial charge is 0.457 e. The van der Waals surface area contributed by atoms with Crippen LogP contribution in [-0.4, -0.2) is 41.9 Å². The Labute approximate surface area is 203 Å².